The average Bonchev–Trinajstić information content (AvgIpc) is 2.39. The van der Waals surface area contributed by atoms with Crippen molar-refractivity contribution in [1.82, 2.24) is 5.32 Å². The molecule has 3 heteroatoms. The minimum atomic E-state index is -0.818. The summed E-state index contributed by atoms with van der Waals surface area (Å²) in [7, 11) is 0. The summed E-state index contributed by atoms with van der Waals surface area (Å²) in [5, 5.41) is 12.4. The van der Waals surface area contributed by atoms with Gasteiger partial charge < -0.3 is 10.4 Å². The van der Waals surface area contributed by atoms with E-state index in [1.54, 1.807) is 13.1 Å². The zero-order chi connectivity index (χ0) is 12.3. The Morgan fingerprint density at radius 3 is 2.53 bits per heavy atom. The molecular weight excluding hydrogens is 214 g/mol. The maximum absolute atomic E-state index is 11.3. The summed E-state index contributed by atoms with van der Waals surface area (Å²) in [6.07, 6.45) is 7.42. The van der Waals surface area contributed by atoms with Crippen LogP contribution in [0.2, 0.25) is 0 Å². The topological polar surface area (TPSA) is 49.3 Å². The van der Waals surface area contributed by atoms with Crippen LogP contribution < -0.4 is 5.32 Å². The molecule has 0 aliphatic carbocycles. The van der Waals surface area contributed by atoms with Gasteiger partial charge in [-0.3, -0.25) is 4.79 Å². The number of benzene rings is 1. The zero-order valence-electron chi connectivity index (χ0n) is 9.63. The van der Waals surface area contributed by atoms with Crippen LogP contribution in [0.4, 0.5) is 0 Å². The molecule has 1 aliphatic heterocycles. The van der Waals surface area contributed by atoms with E-state index in [0.717, 1.165) is 5.56 Å². The van der Waals surface area contributed by atoms with Crippen molar-refractivity contribution in [3.63, 3.8) is 0 Å². The first-order valence-corrected chi connectivity index (χ1v) is 5.57. The van der Waals surface area contributed by atoms with Crippen LogP contribution in [0, 0.1) is 5.92 Å². The second kappa shape index (κ2) is 4.45. The Balaban J connectivity index is 2.49. The number of aliphatic carboxylic acids is 1. The van der Waals surface area contributed by atoms with E-state index in [-0.39, 0.29) is 0 Å². The summed E-state index contributed by atoms with van der Waals surface area (Å²) >= 11 is 0. The van der Waals surface area contributed by atoms with Crippen LogP contribution >= 0.6 is 0 Å². The van der Waals surface area contributed by atoms with Gasteiger partial charge in [0.15, 0.2) is 0 Å². The van der Waals surface area contributed by atoms with E-state index in [9.17, 15) is 9.90 Å². The predicted molar refractivity (Wildman–Crippen MR) is 66.3 cm³/mol. The highest BCUT2D eigenvalue weighted by atomic mass is 16.4. The third kappa shape index (κ3) is 1.96. The molecule has 88 valence electrons. The molecule has 1 aromatic carbocycles. The zero-order valence-corrected chi connectivity index (χ0v) is 9.63. The molecule has 2 rings (SSSR count). The Hall–Kier alpha value is -2.03. The van der Waals surface area contributed by atoms with Gasteiger partial charge >= 0.3 is 5.97 Å². The number of allylic oxidation sites excluding steroid dienone is 2. The highest BCUT2D eigenvalue weighted by Gasteiger charge is 2.39. The van der Waals surface area contributed by atoms with E-state index in [1.807, 2.05) is 48.6 Å². The number of carboxylic acid groups (broad SMARTS) is 1. The van der Waals surface area contributed by atoms with Crippen molar-refractivity contribution in [1.29, 1.82) is 0 Å². The van der Waals surface area contributed by atoms with Gasteiger partial charge in [0, 0.05) is 0 Å². The molecule has 1 aromatic rings. The fraction of sp³-hybridized carbons (Fsp3) is 0.214. The minimum absolute atomic E-state index is 0.550. The number of dihydropyridines is 1. The maximum Gasteiger partial charge on any atom is 0.309 e. The number of hydrogen-bond donors (Lipinski definition) is 2. The van der Waals surface area contributed by atoms with Crippen LogP contribution in [-0.2, 0) is 10.3 Å². The lowest BCUT2D eigenvalue weighted by Gasteiger charge is -2.37. The highest BCUT2D eigenvalue weighted by Crippen LogP contribution is 2.33. The van der Waals surface area contributed by atoms with Gasteiger partial charge in [0.05, 0.1) is 11.5 Å². The number of carboxylic acids is 1. The number of nitrogens with one attached hydrogen (secondary N) is 1. The van der Waals surface area contributed by atoms with Crippen molar-refractivity contribution in [2.24, 2.45) is 5.92 Å². The Bertz CT molecular complexity index is 464. The van der Waals surface area contributed by atoms with E-state index in [0.29, 0.717) is 0 Å². The minimum Gasteiger partial charge on any atom is -0.481 e. The van der Waals surface area contributed by atoms with Gasteiger partial charge in [-0.05, 0) is 24.8 Å². The van der Waals surface area contributed by atoms with Gasteiger partial charge in [0.25, 0.3) is 0 Å². The highest BCUT2D eigenvalue weighted by molar-refractivity contribution is 5.73. The lowest BCUT2D eigenvalue weighted by molar-refractivity contribution is -0.143. The lowest BCUT2D eigenvalue weighted by Crippen LogP contribution is -2.47. The molecule has 0 radical (unpaired) electrons. The van der Waals surface area contributed by atoms with Crippen LogP contribution in [0.15, 0.2) is 54.8 Å². The normalized spacial score (nSPS) is 24.1. The monoisotopic (exact) mass is 229 g/mol. The first-order chi connectivity index (χ1) is 8.17. The van der Waals surface area contributed by atoms with Crippen LogP contribution in [0.5, 0.6) is 0 Å². The van der Waals surface area contributed by atoms with Crippen molar-refractivity contribution >= 4 is 5.97 Å². The molecule has 3 nitrogen and oxygen atoms in total. The number of carbonyl (C=O) groups is 1. The summed E-state index contributed by atoms with van der Waals surface area (Å²) in [5.41, 5.74) is 0.289. The second-order valence-electron chi connectivity index (χ2n) is 4.16. The van der Waals surface area contributed by atoms with Crippen molar-refractivity contribution in [3.8, 4) is 0 Å². The summed E-state index contributed by atoms with van der Waals surface area (Å²) in [4.78, 5) is 11.3. The van der Waals surface area contributed by atoms with Crippen molar-refractivity contribution < 1.29 is 9.90 Å². The first-order valence-electron chi connectivity index (χ1n) is 5.57. The molecule has 17 heavy (non-hydrogen) atoms. The Kier molecular flexibility index (Phi) is 3.00. The predicted octanol–water partition coefficient (Wildman–Crippen LogP) is 2.28. The first kappa shape index (κ1) is 11.5. The van der Waals surface area contributed by atoms with E-state index in [2.05, 4.69) is 5.32 Å². The summed E-state index contributed by atoms with van der Waals surface area (Å²) in [6.45, 7) is 1.71. The fourth-order valence-electron chi connectivity index (χ4n) is 2.10. The van der Waals surface area contributed by atoms with Crippen LogP contribution in [-0.4, -0.2) is 11.1 Å². The molecule has 0 saturated heterocycles. The van der Waals surface area contributed by atoms with Crippen molar-refractivity contribution in [2.75, 3.05) is 0 Å². The standard InChI is InChI=1S/C14H15NO2/c1-11(13(16)17)14(9-5-6-10-15-14)12-7-3-2-4-8-12/h2-11,15H,1H3,(H,16,17). The molecule has 0 saturated carbocycles. The molecule has 2 unspecified atom stereocenters. The van der Waals surface area contributed by atoms with Crippen LogP contribution in [0.25, 0.3) is 0 Å². The maximum atomic E-state index is 11.3. The Labute approximate surface area is 100 Å². The smallest absolute Gasteiger partial charge is 0.309 e. The second-order valence-corrected chi connectivity index (χ2v) is 4.16. The van der Waals surface area contributed by atoms with E-state index in [1.165, 1.54) is 0 Å². The molecule has 2 atom stereocenters. The van der Waals surface area contributed by atoms with Gasteiger partial charge in [-0.1, -0.05) is 42.5 Å². The van der Waals surface area contributed by atoms with Crippen LogP contribution in [0.3, 0.4) is 0 Å². The molecule has 1 heterocycles. The average molecular weight is 229 g/mol. The molecule has 2 N–H and O–H groups in total. The van der Waals surface area contributed by atoms with Gasteiger partial charge in [-0.25, -0.2) is 0 Å². The third-order valence-corrected chi connectivity index (χ3v) is 3.19. The molecule has 0 amide bonds. The molecule has 0 fully saturated rings. The largest absolute Gasteiger partial charge is 0.481 e. The molecular formula is C14H15NO2. The third-order valence-electron chi connectivity index (χ3n) is 3.19. The van der Waals surface area contributed by atoms with Crippen molar-refractivity contribution in [2.45, 2.75) is 12.5 Å². The van der Waals surface area contributed by atoms with E-state index < -0.39 is 17.4 Å². The van der Waals surface area contributed by atoms with Crippen molar-refractivity contribution in [3.05, 3.63) is 60.3 Å². The molecule has 1 aliphatic rings. The molecule has 0 spiro atoms. The Morgan fingerprint density at radius 1 is 1.29 bits per heavy atom. The lowest BCUT2D eigenvalue weighted by atomic mass is 9.77. The van der Waals surface area contributed by atoms with Gasteiger partial charge in [0.1, 0.15) is 0 Å². The summed E-state index contributed by atoms with van der Waals surface area (Å²) in [6, 6.07) is 9.63. The van der Waals surface area contributed by atoms with Gasteiger partial charge in [-0.15, -0.1) is 0 Å². The molecule has 0 aromatic heterocycles. The van der Waals surface area contributed by atoms with Gasteiger partial charge in [0.2, 0.25) is 0 Å². The number of rotatable bonds is 3. The number of hydrogen-bond acceptors (Lipinski definition) is 2. The fourth-order valence-corrected chi connectivity index (χ4v) is 2.10. The Morgan fingerprint density at radius 2 is 2.00 bits per heavy atom. The SMILES string of the molecule is CC(C(=O)O)C1(c2ccccc2)C=CC=CN1. The summed E-state index contributed by atoms with van der Waals surface area (Å²) in [5.74, 6) is -1.37. The van der Waals surface area contributed by atoms with E-state index >= 15 is 0 Å². The van der Waals surface area contributed by atoms with Gasteiger partial charge in [-0.2, -0.15) is 0 Å². The summed E-state index contributed by atoms with van der Waals surface area (Å²) < 4.78 is 0. The van der Waals surface area contributed by atoms with E-state index in [4.69, 9.17) is 0 Å². The quantitative estimate of drug-likeness (QED) is 0.836. The molecule has 0 bridgehead atoms. The van der Waals surface area contributed by atoms with Crippen LogP contribution in [0.1, 0.15) is 12.5 Å².